The number of benzene rings is 1. The Morgan fingerprint density at radius 2 is 2.23 bits per heavy atom. The van der Waals surface area contributed by atoms with Gasteiger partial charge in [-0.3, -0.25) is 9.69 Å². The fourth-order valence-corrected chi connectivity index (χ4v) is 3.96. The number of hydrogen-bond acceptors (Lipinski definition) is 6. The smallest absolute Gasteiger partial charge is 0.269 e. The number of nitrogens with zero attached hydrogens (tertiary/aromatic N) is 4. The molecule has 0 unspecified atom stereocenters. The first-order valence-corrected chi connectivity index (χ1v) is 10.3. The van der Waals surface area contributed by atoms with Crippen molar-refractivity contribution in [2.45, 2.75) is 39.0 Å². The maximum Gasteiger partial charge on any atom is 0.269 e. The van der Waals surface area contributed by atoms with Gasteiger partial charge >= 0.3 is 0 Å². The van der Waals surface area contributed by atoms with E-state index in [9.17, 15) is 15.2 Å². The number of nitrogens with two attached hydrogens (primary N) is 1. The van der Waals surface area contributed by atoms with Crippen molar-refractivity contribution in [3.05, 3.63) is 35.2 Å². The number of aromatic nitrogens is 2. The molecule has 2 aliphatic rings. The maximum atomic E-state index is 12.2. The van der Waals surface area contributed by atoms with Gasteiger partial charge in [-0.25, -0.2) is 4.98 Å². The van der Waals surface area contributed by atoms with Gasteiger partial charge in [0.05, 0.1) is 29.8 Å². The average Bonchev–Trinajstić information content (AvgIpc) is 3.27. The van der Waals surface area contributed by atoms with Crippen LogP contribution in [0.15, 0.2) is 18.2 Å². The van der Waals surface area contributed by atoms with Crippen LogP contribution in [0.2, 0.25) is 0 Å². The lowest BCUT2D eigenvalue weighted by atomic mass is 10.1. The van der Waals surface area contributed by atoms with Crippen LogP contribution in [0.3, 0.4) is 0 Å². The lowest BCUT2D eigenvalue weighted by Crippen LogP contribution is -2.25. The highest BCUT2D eigenvalue weighted by molar-refractivity contribution is 5.93. The highest BCUT2D eigenvalue weighted by Gasteiger charge is 2.29. The molecule has 160 valence electrons. The van der Waals surface area contributed by atoms with Gasteiger partial charge < -0.3 is 20.1 Å². The van der Waals surface area contributed by atoms with Gasteiger partial charge in [0.15, 0.2) is 5.69 Å². The third kappa shape index (κ3) is 4.41. The molecule has 1 aromatic heterocycles. The second kappa shape index (κ2) is 8.07. The lowest BCUT2D eigenvalue weighted by Gasteiger charge is -2.17. The zero-order valence-electron chi connectivity index (χ0n) is 17.7. The molecule has 0 bridgehead atoms. The summed E-state index contributed by atoms with van der Waals surface area (Å²) in [5.41, 5.74) is 6.99. The van der Waals surface area contributed by atoms with Crippen molar-refractivity contribution in [3.63, 3.8) is 0 Å². The molecule has 8 nitrogen and oxygen atoms in total. The number of aliphatic hydroxyl groups is 1. The topological polar surface area (TPSA) is 117 Å². The number of primary amides is 1. The van der Waals surface area contributed by atoms with E-state index in [0.29, 0.717) is 43.4 Å². The molecule has 1 fully saturated rings. The van der Waals surface area contributed by atoms with Crippen LogP contribution in [0.4, 0.5) is 0 Å². The van der Waals surface area contributed by atoms with Crippen LogP contribution >= 0.6 is 0 Å². The third-order valence-corrected chi connectivity index (χ3v) is 5.44. The van der Waals surface area contributed by atoms with Gasteiger partial charge in [0.1, 0.15) is 23.8 Å². The Labute approximate surface area is 181 Å². The van der Waals surface area contributed by atoms with Crippen molar-refractivity contribution in [2.24, 2.45) is 11.7 Å². The number of likely N-dealkylation sites (tertiary alicyclic amines) is 1. The molecule has 0 spiro atoms. The van der Waals surface area contributed by atoms with Gasteiger partial charge in [0.25, 0.3) is 5.91 Å². The fraction of sp³-hybridized carbons (Fsp3) is 0.435. The summed E-state index contributed by atoms with van der Waals surface area (Å²) >= 11 is 0. The zero-order chi connectivity index (χ0) is 22.2. The zero-order valence-corrected chi connectivity index (χ0v) is 17.7. The second-order valence-electron chi connectivity index (χ2n) is 8.46. The van der Waals surface area contributed by atoms with Gasteiger partial charge in [0.2, 0.25) is 0 Å². The summed E-state index contributed by atoms with van der Waals surface area (Å²) in [4.78, 5) is 19.0. The molecule has 8 heteroatoms. The van der Waals surface area contributed by atoms with Crippen LogP contribution in [0.25, 0.3) is 11.4 Å². The van der Waals surface area contributed by atoms with Crippen molar-refractivity contribution in [1.29, 1.82) is 5.26 Å². The Balaban J connectivity index is 1.77. The van der Waals surface area contributed by atoms with E-state index in [0.717, 1.165) is 24.2 Å². The van der Waals surface area contributed by atoms with Gasteiger partial charge in [-0.2, -0.15) is 5.26 Å². The summed E-state index contributed by atoms with van der Waals surface area (Å²) in [7, 11) is 0. The molecule has 0 radical (unpaired) electrons. The molecule has 2 aliphatic heterocycles. The van der Waals surface area contributed by atoms with Crippen molar-refractivity contribution in [2.75, 3.05) is 19.7 Å². The molecule has 3 N–H and O–H groups in total. The minimum absolute atomic E-state index is 0.00419. The van der Waals surface area contributed by atoms with Crippen molar-refractivity contribution >= 4 is 5.91 Å². The summed E-state index contributed by atoms with van der Waals surface area (Å²) < 4.78 is 7.90. The van der Waals surface area contributed by atoms with E-state index >= 15 is 0 Å². The molecular weight excluding hydrogens is 394 g/mol. The van der Waals surface area contributed by atoms with Gasteiger partial charge in [-0.15, -0.1) is 0 Å². The molecule has 1 amide bonds. The Bertz CT molecular complexity index is 1130. The summed E-state index contributed by atoms with van der Waals surface area (Å²) in [6.45, 7) is 6.16. The minimum Gasteiger partial charge on any atom is -0.491 e. The number of rotatable bonds is 3. The number of amides is 1. The molecule has 0 saturated carbocycles. The molecule has 31 heavy (non-hydrogen) atoms. The summed E-state index contributed by atoms with van der Waals surface area (Å²) in [5, 5.41) is 19.1. The monoisotopic (exact) mass is 419 g/mol. The first-order chi connectivity index (χ1) is 14.7. The molecule has 1 saturated heterocycles. The largest absolute Gasteiger partial charge is 0.491 e. The van der Waals surface area contributed by atoms with Crippen LogP contribution in [0, 0.1) is 29.1 Å². The minimum atomic E-state index is -1.11. The first kappa shape index (κ1) is 20.9. The SMILES string of the molecule is CC(C)(O)C#Cc1ccc2c(c1)-c1nc(C(N)=O)c(CN3CC[C@H](C#N)C3)n1CCO2. The second-order valence-corrected chi connectivity index (χ2v) is 8.46. The number of ether oxygens (including phenoxy) is 1. The number of imidazole rings is 1. The Morgan fingerprint density at radius 3 is 2.90 bits per heavy atom. The summed E-state index contributed by atoms with van der Waals surface area (Å²) in [5.74, 6) is 6.48. The number of nitriles is 1. The Morgan fingerprint density at radius 1 is 1.42 bits per heavy atom. The van der Waals surface area contributed by atoms with Gasteiger partial charge in [0, 0.05) is 18.7 Å². The van der Waals surface area contributed by atoms with E-state index in [1.54, 1.807) is 13.8 Å². The average molecular weight is 419 g/mol. The van der Waals surface area contributed by atoms with E-state index in [1.807, 2.05) is 22.8 Å². The highest BCUT2D eigenvalue weighted by atomic mass is 16.5. The predicted molar refractivity (Wildman–Crippen MR) is 114 cm³/mol. The lowest BCUT2D eigenvalue weighted by molar-refractivity contribution is 0.0993. The normalized spacial score (nSPS) is 18.1. The van der Waals surface area contributed by atoms with Crippen LogP contribution in [-0.4, -0.2) is 50.8 Å². The quantitative estimate of drug-likeness (QED) is 0.729. The number of carbonyl (C=O) groups excluding carboxylic acids is 1. The van der Waals surface area contributed by atoms with Crippen LogP contribution < -0.4 is 10.5 Å². The molecular formula is C23H25N5O3. The van der Waals surface area contributed by atoms with Crippen LogP contribution in [-0.2, 0) is 13.1 Å². The number of hydrogen-bond donors (Lipinski definition) is 2. The summed E-state index contributed by atoms with van der Waals surface area (Å²) in [6, 6.07) is 7.83. The Kier molecular flexibility index (Phi) is 5.45. The molecule has 0 aliphatic carbocycles. The number of fused-ring (bicyclic) bond motifs is 3. The predicted octanol–water partition coefficient (Wildman–Crippen LogP) is 1.51. The maximum absolute atomic E-state index is 12.2. The van der Waals surface area contributed by atoms with Crippen LogP contribution in [0.5, 0.6) is 5.75 Å². The van der Waals surface area contributed by atoms with Crippen LogP contribution in [0.1, 0.15) is 42.0 Å². The van der Waals surface area contributed by atoms with E-state index < -0.39 is 11.5 Å². The first-order valence-electron chi connectivity index (χ1n) is 10.3. The molecule has 2 aromatic rings. The van der Waals surface area contributed by atoms with Gasteiger partial charge in [-0.1, -0.05) is 11.8 Å². The van der Waals surface area contributed by atoms with Crippen molar-refractivity contribution in [1.82, 2.24) is 14.5 Å². The number of carbonyl (C=O) groups is 1. The van der Waals surface area contributed by atoms with Crippen molar-refractivity contribution in [3.8, 4) is 35.0 Å². The molecule has 3 heterocycles. The third-order valence-electron chi connectivity index (χ3n) is 5.44. The van der Waals surface area contributed by atoms with Crippen molar-refractivity contribution < 1.29 is 14.6 Å². The fourth-order valence-electron chi connectivity index (χ4n) is 3.96. The Hall–Kier alpha value is -3.33. The molecule has 1 atom stereocenters. The highest BCUT2D eigenvalue weighted by Crippen LogP contribution is 2.35. The molecule has 1 aromatic carbocycles. The van der Waals surface area contributed by atoms with E-state index in [2.05, 4.69) is 27.8 Å². The van der Waals surface area contributed by atoms with E-state index in [-0.39, 0.29) is 11.6 Å². The van der Waals surface area contributed by atoms with E-state index in [1.165, 1.54) is 0 Å². The molecule has 4 rings (SSSR count). The van der Waals surface area contributed by atoms with Gasteiger partial charge in [-0.05, 0) is 45.0 Å². The standard InChI is InChI=1S/C23H25N5O3/c1-23(2,30)7-5-15-3-4-19-17(11-15)22-26-20(21(25)29)18(28(22)9-10-31-19)14-27-8-6-16(12-24)13-27/h3-4,11,16,30H,6,8-10,13-14H2,1-2H3,(H2,25,29)/t16-/m1/s1. The van der Waals surface area contributed by atoms with E-state index in [4.69, 9.17) is 10.5 Å². The summed E-state index contributed by atoms with van der Waals surface area (Å²) in [6.07, 6.45) is 0.818.